The molecule has 16 nitrogen and oxygen atoms in total. The number of halogens is 3. The lowest BCUT2D eigenvalue weighted by atomic mass is 10.1. The maximum atomic E-state index is 14.6. The minimum atomic E-state index is -0.598. The summed E-state index contributed by atoms with van der Waals surface area (Å²) in [6.45, 7) is 10.6. The molecule has 0 unspecified atom stereocenters. The Morgan fingerprint density at radius 2 is 1.12 bits per heavy atom. The van der Waals surface area contributed by atoms with Crippen molar-refractivity contribution in [2.24, 2.45) is 5.73 Å². The number of aryl methyl sites for hydroxylation is 2. The molecule has 8 rings (SSSR count). The average Bonchev–Trinajstić information content (AvgIpc) is 4.14. The minimum absolute atomic E-state index is 0. The van der Waals surface area contributed by atoms with Gasteiger partial charge in [-0.3, -0.25) is 9.59 Å². The molecule has 4 aromatic carbocycles. The number of nitrogens with two attached hydrogens (primary N) is 1. The molecular weight excluding hydrogens is 894 g/mol. The number of rotatable bonds is 13. The lowest BCUT2D eigenvalue weighted by molar-refractivity contribution is 0.0523. The van der Waals surface area contributed by atoms with E-state index in [0.717, 1.165) is 22.3 Å². The number of alkyl carbamates (subject to hydrolysis) is 1. The number of aromatic nitrogens is 8. The van der Waals surface area contributed by atoms with Crippen LogP contribution in [0, 0.1) is 25.5 Å². The van der Waals surface area contributed by atoms with Crippen molar-refractivity contribution >= 4 is 41.7 Å². The Morgan fingerprint density at radius 3 is 1.56 bits per heavy atom. The van der Waals surface area contributed by atoms with Crippen LogP contribution in [0.4, 0.5) is 25.0 Å². The van der Waals surface area contributed by atoms with Crippen LogP contribution in [-0.2, 0) is 30.9 Å². The zero-order chi connectivity index (χ0) is 47.7. The average molecular weight is 945 g/mol. The molecule has 8 aromatic rings. The van der Waals surface area contributed by atoms with E-state index in [1.165, 1.54) is 21.5 Å². The number of imidazole rings is 2. The molecule has 4 aromatic heterocycles. The largest absolute Gasteiger partial charge is 0.444 e. The Labute approximate surface area is 397 Å². The van der Waals surface area contributed by atoms with Crippen LogP contribution in [-0.4, -0.2) is 62.2 Å². The number of benzene rings is 4. The molecule has 0 saturated heterocycles. The van der Waals surface area contributed by atoms with E-state index in [2.05, 4.69) is 36.1 Å². The summed E-state index contributed by atoms with van der Waals surface area (Å²) in [5, 5.41) is 16.9. The van der Waals surface area contributed by atoms with Crippen molar-refractivity contribution in [2.45, 2.75) is 66.4 Å². The molecule has 68 heavy (non-hydrogen) atoms. The summed E-state index contributed by atoms with van der Waals surface area (Å²) in [5.74, 6) is -2.00. The number of hydrogen-bond donors (Lipinski definition) is 4. The van der Waals surface area contributed by atoms with Crippen molar-refractivity contribution in [3.63, 3.8) is 0 Å². The van der Waals surface area contributed by atoms with Crippen LogP contribution in [0.3, 0.4) is 0 Å². The molecule has 0 aliphatic carbocycles. The van der Waals surface area contributed by atoms with E-state index in [1.54, 1.807) is 114 Å². The van der Waals surface area contributed by atoms with Crippen LogP contribution in [0.25, 0.3) is 11.4 Å². The van der Waals surface area contributed by atoms with Crippen LogP contribution in [0.2, 0.25) is 0 Å². The number of ether oxygens (including phenoxy) is 1. The van der Waals surface area contributed by atoms with Crippen molar-refractivity contribution < 1.29 is 27.9 Å². The number of anilines is 2. The summed E-state index contributed by atoms with van der Waals surface area (Å²) in [6, 6.07) is 27.3. The van der Waals surface area contributed by atoms with Crippen molar-refractivity contribution in [3.8, 4) is 11.4 Å². The second-order valence-electron chi connectivity index (χ2n) is 16.6. The smallest absolute Gasteiger partial charge is 0.407 e. The monoisotopic (exact) mass is 944 g/mol. The molecule has 0 saturated carbocycles. The molecule has 3 amide bonds. The van der Waals surface area contributed by atoms with E-state index >= 15 is 0 Å². The molecule has 19 heteroatoms. The fourth-order valence-electron chi connectivity index (χ4n) is 6.91. The molecule has 0 atom stereocenters. The fourth-order valence-corrected chi connectivity index (χ4v) is 6.91. The number of hydrogen-bond acceptors (Lipinski definition) is 9. The first kappa shape index (κ1) is 49.5. The normalized spacial score (nSPS) is 10.9. The number of nitrogens with one attached hydrogen (secondary N) is 3. The van der Waals surface area contributed by atoms with Gasteiger partial charge in [-0.05, 0) is 118 Å². The lowest BCUT2D eigenvalue weighted by Gasteiger charge is -2.19. The first-order valence-electron chi connectivity index (χ1n) is 21.2. The van der Waals surface area contributed by atoms with Gasteiger partial charge in [0.2, 0.25) is 0 Å². The number of carbonyl (C=O) groups is 3. The van der Waals surface area contributed by atoms with Gasteiger partial charge in [-0.15, -0.1) is 12.4 Å². The molecule has 4 heterocycles. The first-order chi connectivity index (χ1) is 32.1. The lowest BCUT2D eigenvalue weighted by Crippen LogP contribution is -2.32. The van der Waals surface area contributed by atoms with Crippen molar-refractivity contribution in [1.82, 2.24) is 44.0 Å². The summed E-state index contributed by atoms with van der Waals surface area (Å²) >= 11 is 0. The van der Waals surface area contributed by atoms with E-state index in [1.807, 2.05) is 51.7 Å². The molecule has 0 fully saturated rings. The standard InChI is InChI=1S/C27H29FN6O3.C22H21FN6O.ClH/c1-18-12-24(25(35)31-23-14-20(8-9-22(23)28)16-33-11-10-29-17-33)34(32-18)21-7-5-6-19(13-21)15-30-26(36)37-27(2,3)4;1-15-9-21(29(27-15)18-4-2-3-16(10-18)12-24)22(30)26-20-11-17(5-6-19(20)23)13-28-8-7-25-14-28;/h5-14,17H,15-16H2,1-4H3,(H,30,36)(H,31,35);2-11,14H,12-13,24H2,1H3,(H,26,30);1H. The van der Waals surface area contributed by atoms with Gasteiger partial charge in [0, 0.05) is 51.0 Å². The van der Waals surface area contributed by atoms with E-state index in [9.17, 15) is 23.2 Å². The molecule has 5 N–H and O–H groups in total. The molecular formula is C49H51ClF2N12O4. The Bertz CT molecular complexity index is 3000. The highest BCUT2D eigenvalue weighted by Crippen LogP contribution is 2.23. The highest BCUT2D eigenvalue weighted by molar-refractivity contribution is 6.04. The summed E-state index contributed by atoms with van der Waals surface area (Å²) in [5.41, 5.74) is 11.9. The quantitative estimate of drug-likeness (QED) is 0.0877. The number of nitrogens with zero attached hydrogens (tertiary/aromatic N) is 8. The van der Waals surface area contributed by atoms with Crippen LogP contribution in [0.15, 0.2) is 135 Å². The topological polar surface area (TPSA) is 194 Å². The van der Waals surface area contributed by atoms with E-state index in [4.69, 9.17) is 10.5 Å². The Hall–Kier alpha value is -7.96. The van der Waals surface area contributed by atoms with Gasteiger partial charge < -0.3 is 35.6 Å². The minimum Gasteiger partial charge on any atom is -0.444 e. The maximum Gasteiger partial charge on any atom is 0.407 e. The van der Waals surface area contributed by atoms with Crippen LogP contribution in [0.5, 0.6) is 0 Å². The third-order valence-corrected chi connectivity index (χ3v) is 9.92. The summed E-state index contributed by atoms with van der Waals surface area (Å²) in [4.78, 5) is 46.2. The molecule has 0 radical (unpaired) electrons. The highest BCUT2D eigenvalue weighted by atomic mass is 35.5. The van der Waals surface area contributed by atoms with Gasteiger partial charge >= 0.3 is 6.09 Å². The Balaban J connectivity index is 0.000000225. The van der Waals surface area contributed by atoms with Gasteiger partial charge in [0.15, 0.2) is 0 Å². The van der Waals surface area contributed by atoms with Crippen molar-refractivity contribution in [1.29, 1.82) is 0 Å². The van der Waals surface area contributed by atoms with Crippen molar-refractivity contribution in [2.75, 3.05) is 10.6 Å². The molecule has 352 valence electrons. The van der Waals surface area contributed by atoms with Gasteiger partial charge in [-0.1, -0.05) is 36.4 Å². The van der Waals surface area contributed by atoms with Crippen LogP contribution < -0.4 is 21.7 Å². The van der Waals surface area contributed by atoms with Crippen LogP contribution >= 0.6 is 12.4 Å². The van der Waals surface area contributed by atoms with E-state index < -0.39 is 35.1 Å². The highest BCUT2D eigenvalue weighted by Gasteiger charge is 2.20. The van der Waals surface area contributed by atoms with Gasteiger partial charge in [0.1, 0.15) is 28.6 Å². The van der Waals surface area contributed by atoms with E-state index in [-0.39, 0.29) is 36.0 Å². The SMILES string of the molecule is Cc1cc(C(=O)Nc2cc(Cn3ccnc3)ccc2F)n(-c2cccc(CN)c2)n1.Cc1cc(C(=O)Nc2cc(Cn3ccnc3)ccc2F)n(-c2cccc(CNC(=O)OC(C)(C)C)c2)n1.Cl. The zero-order valence-corrected chi connectivity index (χ0v) is 38.8. The van der Waals surface area contributed by atoms with Gasteiger partial charge in [-0.25, -0.2) is 32.9 Å². The molecule has 0 aliphatic rings. The first-order valence-corrected chi connectivity index (χ1v) is 21.2. The van der Waals surface area contributed by atoms with Gasteiger partial charge in [-0.2, -0.15) is 10.2 Å². The van der Waals surface area contributed by atoms with E-state index in [0.29, 0.717) is 48.1 Å². The Kier molecular flexibility index (Phi) is 16.0. The van der Waals surface area contributed by atoms with Crippen LogP contribution in [0.1, 0.15) is 75.4 Å². The molecule has 0 spiro atoms. The maximum absolute atomic E-state index is 14.6. The second-order valence-corrected chi connectivity index (χ2v) is 16.6. The summed E-state index contributed by atoms with van der Waals surface area (Å²) in [7, 11) is 0. The number of carbonyl (C=O) groups excluding carboxylic acids is 3. The second kappa shape index (κ2) is 22.0. The van der Waals surface area contributed by atoms with Crippen molar-refractivity contribution in [3.05, 3.63) is 191 Å². The molecule has 0 bridgehead atoms. The van der Waals surface area contributed by atoms with Gasteiger partial charge in [0.25, 0.3) is 11.8 Å². The predicted octanol–water partition coefficient (Wildman–Crippen LogP) is 8.54. The third-order valence-electron chi connectivity index (χ3n) is 9.92. The Morgan fingerprint density at radius 1 is 0.647 bits per heavy atom. The fraction of sp³-hybridized carbons (Fsp3) is 0.204. The summed E-state index contributed by atoms with van der Waals surface area (Å²) < 4.78 is 41.0. The molecule has 0 aliphatic heterocycles. The third kappa shape index (κ3) is 13.1. The van der Waals surface area contributed by atoms with Gasteiger partial charge in [0.05, 0.1) is 46.8 Å². The summed E-state index contributed by atoms with van der Waals surface area (Å²) in [6.07, 6.45) is 9.79. The predicted molar refractivity (Wildman–Crippen MR) is 256 cm³/mol. The number of amides is 3. The zero-order valence-electron chi connectivity index (χ0n) is 38.0.